The van der Waals surface area contributed by atoms with Gasteiger partial charge in [0.25, 0.3) is 11.7 Å². The summed E-state index contributed by atoms with van der Waals surface area (Å²) in [5.41, 5.74) is 0.787. The minimum Gasteiger partial charge on any atom is -0.507 e. The number of fused-ring (bicyclic) bond motifs is 14. The third kappa shape index (κ3) is 10.2. The molecular formula is C51H66N4O12. The van der Waals surface area contributed by atoms with Gasteiger partial charge in [-0.1, -0.05) is 76.3 Å². The molecule has 3 aromatic rings. The van der Waals surface area contributed by atoms with Gasteiger partial charge in [0.05, 0.1) is 66.1 Å². The lowest BCUT2D eigenvalue weighted by Gasteiger charge is -2.43. The fourth-order valence-electron chi connectivity index (χ4n) is 9.54. The Bertz CT molecular complexity index is 2460. The lowest BCUT2D eigenvalue weighted by molar-refractivity contribution is -0.160. The van der Waals surface area contributed by atoms with Gasteiger partial charge in [-0.05, 0) is 39.3 Å². The van der Waals surface area contributed by atoms with Crippen molar-refractivity contribution in [2.45, 2.75) is 118 Å². The number of hydrazone groups is 1. The summed E-state index contributed by atoms with van der Waals surface area (Å²) in [6.07, 6.45) is 4.88. The molecule has 5 bridgehead atoms. The number of hydrogen-bond donors (Lipinski definition) is 6. The quantitative estimate of drug-likeness (QED) is 0.0658. The monoisotopic (exact) mass is 926 g/mol. The fraction of sp³-hybridized carbons (Fsp3) is 0.490. The number of benzene rings is 3. The molecule has 7 rings (SSSR count). The van der Waals surface area contributed by atoms with Crippen LogP contribution in [0.25, 0.3) is 10.8 Å². The third-order valence-electron chi connectivity index (χ3n) is 13.7. The lowest BCUT2D eigenvalue weighted by Crippen LogP contribution is -2.54. The standard InChI is InChI=1S/C51H66N4O12/c1-26-16-15-17-27(2)50(63)53-41-36(22-52-54-23-28(3)55(29(4)24-54)25-35-18-13-12-14-19-35)45(60)38-39(46(41)61)44(59)33(8)48-40(38)49(62)51(10,67-48)65-21-20-37(64-11)30(5)47(66-34(9)56)32(7)43(58)31(6)42(26)57/h12-22,26,28-32,37,42-43,47,57-61H,23-25H2,1-11H3,(H,53,63)/b16-15+,21-20+,27-17-,52-22-/t26-,28?,29?,30+,31+,32+,37-,42-,43+,47+,51-/m0/s1. The van der Waals surface area contributed by atoms with Crippen LogP contribution in [0, 0.1) is 30.6 Å². The van der Waals surface area contributed by atoms with Gasteiger partial charge in [0.2, 0.25) is 0 Å². The van der Waals surface area contributed by atoms with Crippen LogP contribution in [0.1, 0.15) is 89.4 Å². The summed E-state index contributed by atoms with van der Waals surface area (Å²) >= 11 is 0. The van der Waals surface area contributed by atoms with E-state index in [0.29, 0.717) is 13.1 Å². The van der Waals surface area contributed by atoms with Gasteiger partial charge < -0.3 is 49.8 Å². The van der Waals surface area contributed by atoms with E-state index < -0.39 is 88.8 Å². The number of nitrogens with one attached hydrogen (secondary N) is 1. The average molecular weight is 927 g/mol. The van der Waals surface area contributed by atoms with E-state index in [9.17, 15) is 39.9 Å². The molecule has 16 heteroatoms. The number of methoxy groups -OCH3 is 1. The van der Waals surface area contributed by atoms with Crippen molar-refractivity contribution in [2.75, 3.05) is 25.5 Å². The van der Waals surface area contributed by atoms with Crippen molar-refractivity contribution in [1.29, 1.82) is 0 Å². The normalized spacial score (nSPS) is 31.8. The van der Waals surface area contributed by atoms with Gasteiger partial charge in [-0.2, -0.15) is 5.10 Å². The summed E-state index contributed by atoms with van der Waals surface area (Å²) in [6, 6.07) is 10.3. The number of amides is 1. The van der Waals surface area contributed by atoms with Gasteiger partial charge in [0.1, 0.15) is 23.4 Å². The molecule has 0 saturated carbocycles. The average Bonchev–Trinajstić information content (AvgIpc) is 3.55. The zero-order chi connectivity index (χ0) is 49.2. The van der Waals surface area contributed by atoms with Crippen LogP contribution in [0.5, 0.6) is 23.0 Å². The lowest BCUT2D eigenvalue weighted by atomic mass is 9.78. The van der Waals surface area contributed by atoms with Crippen LogP contribution in [0.4, 0.5) is 5.69 Å². The Morgan fingerprint density at radius 2 is 1.57 bits per heavy atom. The Labute approximate surface area is 392 Å². The van der Waals surface area contributed by atoms with Crippen molar-refractivity contribution in [3.8, 4) is 23.0 Å². The van der Waals surface area contributed by atoms with E-state index in [1.54, 1.807) is 39.8 Å². The molecule has 1 fully saturated rings. The van der Waals surface area contributed by atoms with E-state index >= 15 is 0 Å². The van der Waals surface area contributed by atoms with Gasteiger partial charge in [0, 0.05) is 79.8 Å². The number of ketones is 1. The first-order chi connectivity index (χ1) is 31.6. The first kappa shape index (κ1) is 50.5. The number of piperazine rings is 1. The number of phenols is 3. The number of aliphatic hydroxyl groups is 2. The smallest absolute Gasteiger partial charge is 0.312 e. The highest BCUT2D eigenvalue weighted by atomic mass is 16.7. The maximum absolute atomic E-state index is 14.6. The van der Waals surface area contributed by atoms with Crippen molar-refractivity contribution < 1.29 is 58.9 Å². The van der Waals surface area contributed by atoms with Gasteiger partial charge in [-0.15, -0.1) is 0 Å². The third-order valence-corrected chi connectivity index (χ3v) is 13.7. The van der Waals surface area contributed by atoms with E-state index in [1.807, 2.05) is 23.2 Å². The van der Waals surface area contributed by atoms with Crippen LogP contribution in [-0.2, 0) is 30.3 Å². The number of rotatable bonds is 6. The molecule has 16 nitrogen and oxygen atoms in total. The van der Waals surface area contributed by atoms with Crippen molar-refractivity contribution in [3.63, 3.8) is 0 Å². The molecule has 0 spiro atoms. The number of hydrogen-bond acceptors (Lipinski definition) is 15. The van der Waals surface area contributed by atoms with E-state index in [2.05, 4.69) is 36.2 Å². The van der Waals surface area contributed by atoms with Crippen LogP contribution < -0.4 is 10.1 Å². The number of carbonyl (C=O) groups excluding carboxylic acids is 3. The van der Waals surface area contributed by atoms with Gasteiger partial charge in [-0.25, -0.2) is 0 Å². The molecule has 3 aromatic carbocycles. The van der Waals surface area contributed by atoms with Crippen LogP contribution in [0.15, 0.2) is 71.6 Å². The predicted molar refractivity (Wildman–Crippen MR) is 254 cm³/mol. The Hall–Kier alpha value is -5.94. The Balaban J connectivity index is 1.48. The topological polar surface area (TPSA) is 220 Å². The van der Waals surface area contributed by atoms with Crippen molar-refractivity contribution >= 4 is 40.3 Å². The first-order valence-corrected chi connectivity index (χ1v) is 22.8. The highest BCUT2D eigenvalue weighted by Crippen LogP contribution is 2.55. The number of Topliss-reactive ketones (excluding diaryl/α,β-unsaturated/α-hetero) is 1. The largest absolute Gasteiger partial charge is 0.507 e. The number of anilines is 1. The summed E-state index contributed by atoms with van der Waals surface area (Å²) in [5.74, 6) is -8.45. The maximum Gasteiger partial charge on any atom is 0.312 e. The molecule has 0 radical (unpaired) electrons. The maximum atomic E-state index is 14.6. The number of aromatic hydroxyl groups is 3. The Morgan fingerprint density at radius 3 is 2.19 bits per heavy atom. The van der Waals surface area contributed by atoms with Crippen molar-refractivity contribution in [2.24, 2.45) is 28.8 Å². The van der Waals surface area contributed by atoms with E-state index in [4.69, 9.17) is 24.0 Å². The minimum atomic E-state index is -2.06. The summed E-state index contributed by atoms with van der Waals surface area (Å²) in [7, 11) is 1.44. The second-order valence-corrected chi connectivity index (χ2v) is 18.6. The van der Waals surface area contributed by atoms with Crippen molar-refractivity contribution in [1.82, 2.24) is 9.91 Å². The molecule has 362 valence electrons. The molecular weight excluding hydrogens is 861 g/mol. The van der Waals surface area contributed by atoms with Crippen LogP contribution in [0.2, 0.25) is 0 Å². The number of phenolic OH excluding ortho intramolecular Hbond substituents is 3. The molecule has 4 aliphatic heterocycles. The summed E-state index contributed by atoms with van der Waals surface area (Å²) in [4.78, 5) is 43.4. The van der Waals surface area contributed by atoms with E-state index in [0.717, 1.165) is 6.54 Å². The number of nitrogens with zero attached hydrogens (tertiary/aromatic N) is 3. The minimum absolute atomic E-state index is 0.0503. The number of ether oxygens (including phenoxy) is 4. The first-order valence-electron chi connectivity index (χ1n) is 22.8. The number of allylic oxidation sites excluding steroid dienone is 2. The van der Waals surface area contributed by atoms with E-state index in [1.165, 1.54) is 65.0 Å². The Kier molecular flexibility index (Phi) is 15.5. The molecule has 11 atom stereocenters. The molecule has 0 aromatic heterocycles. The van der Waals surface area contributed by atoms with Crippen LogP contribution in [-0.4, -0.2) is 122 Å². The van der Waals surface area contributed by atoms with Crippen molar-refractivity contribution in [3.05, 3.63) is 88.7 Å². The summed E-state index contributed by atoms with van der Waals surface area (Å²) in [6.45, 7) is 18.5. The van der Waals surface area contributed by atoms with Gasteiger partial charge >= 0.3 is 11.8 Å². The number of esters is 1. The summed E-state index contributed by atoms with van der Waals surface area (Å²) in [5, 5.41) is 68.0. The predicted octanol–water partition coefficient (Wildman–Crippen LogP) is 6.68. The fourth-order valence-corrected chi connectivity index (χ4v) is 9.54. The zero-order valence-electron chi connectivity index (χ0n) is 40.2. The number of aliphatic hydroxyl groups excluding tert-OH is 2. The second-order valence-electron chi connectivity index (χ2n) is 18.6. The molecule has 0 aliphatic carbocycles. The molecule has 4 aliphatic rings. The van der Waals surface area contributed by atoms with Crippen LogP contribution in [0.3, 0.4) is 0 Å². The van der Waals surface area contributed by atoms with Gasteiger partial charge in [-0.3, -0.25) is 24.3 Å². The molecule has 6 N–H and O–H groups in total. The molecule has 2 unspecified atom stereocenters. The highest BCUT2D eigenvalue weighted by molar-refractivity contribution is 6.23. The summed E-state index contributed by atoms with van der Waals surface area (Å²) < 4.78 is 23.8. The molecule has 1 saturated heterocycles. The molecule has 67 heavy (non-hydrogen) atoms. The van der Waals surface area contributed by atoms with Gasteiger partial charge in [0.15, 0.2) is 5.75 Å². The highest BCUT2D eigenvalue weighted by Gasteiger charge is 2.50. The zero-order valence-corrected chi connectivity index (χ0v) is 40.2. The SMILES string of the molecule is CO[C@H]1/C=C/O[C@@]2(C)Oc3c(C)c(O)c4c(O)c(c(/C=N\N5CC(C)N(Cc6ccccc6)C(C)C5)c(O)c4c3C2=O)NC(=O)/C(C)=C\C=C\[C@H](C)[C@H](O)[C@@H](C)[C@@H](O)[C@@H](C)[C@H](OC(C)=O)[C@@H]1C. The molecule has 4 heterocycles. The second kappa shape index (κ2) is 20.5. The van der Waals surface area contributed by atoms with Crippen LogP contribution >= 0.6 is 0 Å². The number of carbonyl (C=O) groups is 3. The Morgan fingerprint density at radius 1 is 0.910 bits per heavy atom. The van der Waals surface area contributed by atoms with E-state index in [-0.39, 0.29) is 56.6 Å². The molecule has 1 amide bonds.